The second-order valence-electron chi connectivity index (χ2n) is 17.4. The molecule has 5 bridgehead atoms. The maximum Gasteiger partial charge on any atom is 0.343 e. The lowest BCUT2D eigenvalue weighted by atomic mass is 9.78. The van der Waals surface area contributed by atoms with Gasteiger partial charge in [-0.1, -0.05) is 63.6 Å². The zero-order chi connectivity index (χ0) is 46.9. The summed E-state index contributed by atoms with van der Waals surface area (Å²) in [5.74, 6) is -9.78. The van der Waals surface area contributed by atoms with E-state index in [9.17, 15) is 29.4 Å². The summed E-state index contributed by atoms with van der Waals surface area (Å²) in [4.78, 5) is 86.9. The van der Waals surface area contributed by atoms with E-state index >= 15 is 9.59 Å². The fraction of sp³-hybridized carbons (Fsp3) is 0.469. The number of nitrogens with zero attached hydrogens (tertiary/aromatic N) is 1. The fourth-order valence-corrected chi connectivity index (χ4v) is 8.87. The van der Waals surface area contributed by atoms with E-state index in [-0.39, 0.29) is 50.7 Å². The Bertz CT molecular complexity index is 2350. The highest BCUT2D eigenvalue weighted by Crippen LogP contribution is 2.50. The van der Waals surface area contributed by atoms with Crippen LogP contribution in [-0.2, 0) is 23.8 Å². The number of hydrogen-bond donors (Lipinski definition) is 3. The van der Waals surface area contributed by atoms with Crippen molar-refractivity contribution < 1.29 is 62.7 Å². The van der Waals surface area contributed by atoms with Gasteiger partial charge in [0, 0.05) is 68.9 Å². The molecule has 0 radical (unpaired) electrons. The van der Waals surface area contributed by atoms with E-state index in [1.807, 2.05) is 6.92 Å². The van der Waals surface area contributed by atoms with E-state index < -0.39 is 94.6 Å². The monoisotopic (exact) mass is 882 g/mol. The van der Waals surface area contributed by atoms with Crippen LogP contribution < -0.4 is 14.8 Å². The van der Waals surface area contributed by atoms with Crippen molar-refractivity contribution in [3.05, 3.63) is 105 Å². The number of carbonyl (C=O) groups is 6. The van der Waals surface area contributed by atoms with Crippen LogP contribution in [0.5, 0.6) is 11.5 Å². The van der Waals surface area contributed by atoms with Crippen molar-refractivity contribution in [2.24, 2.45) is 23.7 Å². The molecule has 5 aliphatic rings. The zero-order valence-corrected chi connectivity index (χ0v) is 38.0. The molecule has 3 N–H and O–H groups in total. The van der Waals surface area contributed by atoms with Gasteiger partial charge in [0.1, 0.15) is 29.0 Å². The second-order valence-corrected chi connectivity index (χ2v) is 17.4. The highest BCUT2D eigenvalue weighted by molar-refractivity contribution is 6.32. The highest BCUT2D eigenvalue weighted by atomic mass is 16.7. The average molecular weight is 883 g/mol. The molecular weight excluding hydrogens is 825 g/mol. The van der Waals surface area contributed by atoms with Gasteiger partial charge in [0.25, 0.3) is 11.7 Å². The van der Waals surface area contributed by atoms with Crippen LogP contribution in [0.2, 0.25) is 0 Å². The molecular formula is C49H58N2O13. The van der Waals surface area contributed by atoms with E-state index in [1.165, 1.54) is 53.2 Å². The third-order valence-corrected chi connectivity index (χ3v) is 12.8. The largest absolute Gasteiger partial charge is 0.462 e. The number of ketones is 3. The smallest absolute Gasteiger partial charge is 0.343 e. The molecule has 1 amide bonds. The van der Waals surface area contributed by atoms with Crippen molar-refractivity contribution in [3.8, 4) is 11.5 Å². The number of fused-ring (bicyclic) bond motifs is 14. The van der Waals surface area contributed by atoms with Crippen LogP contribution in [0.3, 0.4) is 0 Å². The zero-order valence-electron chi connectivity index (χ0n) is 38.0. The van der Waals surface area contributed by atoms with Crippen molar-refractivity contribution in [2.45, 2.75) is 105 Å². The summed E-state index contributed by atoms with van der Waals surface area (Å²) in [7, 11) is 1.43. The van der Waals surface area contributed by atoms with Gasteiger partial charge in [-0.15, -0.1) is 0 Å². The van der Waals surface area contributed by atoms with Crippen molar-refractivity contribution in [1.29, 1.82) is 0 Å². The Hall–Kier alpha value is -5.90. The molecule has 2 aromatic rings. The minimum atomic E-state index is -2.13. The number of nitrogens with one attached hydrogen (secondary N) is 1. The summed E-state index contributed by atoms with van der Waals surface area (Å²) in [6.07, 6.45) is 4.79. The number of allylic oxidation sites excluding steroid dienone is 4. The van der Waals surface area contributed by atoms with Crippen molar-refractivity contribution in [2.75, 3.05) is 20.2 Å². The first-order valence-electron chi connectivity index (χ1n) is 21.6. The second kappa shape index (κ2) is 19.1. The molecule has 2 aromatic carbocycles. The molecule has 7 rings (SSSR count). The molecule has 0 aromatic heterocycles. The lowest BCUT2D eigenvalue weighted by Crippen LogP contribution is -2.46. The number of methoxy groups -OCH3 is 1. The van der Waals surface area contributed by atoms with Crippen LogP contribution in [0.25, 0.3) is 0 Å². The van der Waals surface area contributed by atoms with Gasteiger partial charge in [-0.2, -0.15) is 0 Å². The molecule has 0 saturated carbocycles. The summed E-state index contributed by atoms with van der Waals surface area (Å²) in [6.45, 7) is 15.1. The number of Topliss-reactive ketones (excluding diaryl/α,β-unsaturated/α-hetero) is 3. The van der Waals surface area contributed by atoms with Gasteiger partial charge in [-0.25, -0.2) is 4.79 Å². The first-order valence-corrected chi connectivity index (χ1v) is 21.6. The standard InChI is InChI=1S/C49H58N2O13/c1-24-16-18-32(19-17-24)48(59)63-44-30(7)45-36-34-35(44)41(55)37(38(42(34)56)51-21-11-12-22-51)50-47(58)26(3)15-13-14-25(2)39(53)28(5)40(54)29(6)43(62-31(8)52)27(4)33(60-10)20-23-61-49(9,64-45)46(36)57/h13-20,23,25,27-29,33,39-40,43,53-54H,11-12,21-22H2,1-10H3,(H,50,58)/t25-,27+,28+,29-,33-,39-,40-,43+,49-/m0/s1. The normalized spacial score (nSPS) is 29.0. The van der Waals surface area contributed by atoms with Gasteiger partial charge in [0.05, 0.1) is 46.8 Å². The number of ether oxygens (including phenoxy) is 5. The van der Waals surface area contributed by atoms with Gasteiger partial charge in [0.2, 0.25) is 11.6 Å². The molecule has 1 fully saturated rings. The predicted molar refractivity (Wildman–Crippen MR) is 233 cm³/mol. The van der Waals surface area contributed by atoms with Gasteiger partial charge in [-0.05, 0) is 51.8 Å². The van der Waals surface area contributed by atoms with Crippen LogP contribution in [0.15, 0.2) is 71.8 Å². The Morgan fingerprint density at radius 3 is 2.14 bits per heavy atom. The van der Waals surface area contributed by atoms with Crippen molar-refractivity contribution in [1.82, 2.24) is 10.2 Å². The van der Waals surface area contributed by atoms with E-state index in [0.717, 1.165) is 5.56 Å². The first kappa shape index (κ1) is 47.6. The van der Waals surface area contributed by atoms with Crippen LogP contribution in [0.4, 0.5) is 0 Å². The number of aryl methyl sites for hydroxylation is 1. The lowest BCUT2D eigenvalue weighted by molar-refractivity contribution is -0.160. The van der Waals surface area contributed by atoms with Crippen LogP contribution in [0.1, 0.15) is 114 Å². The molecule has 0 unspecified atom stereocenters. The predicted octanol–water partition coefficient (Wildman–Crippen LogP) is 5.88. The molecule has 15 nitrogen and oxygen atoms in total. The Labute approximate surface area is 373 Å². The SMILES string of the molecule is CO[C@H]1C=CO[C@@]2(C)Oc3c(C)c(OC(=O)c4ccc(C)cc4)c4c(c3C2=O)C(=O)C(N2CCCC2)=C(NC(=O)C(C)=CC=C[C@H](C)[C@H](O)[C@@H](C)[C@H](O)[C@H](C)[C@H](OC(C)=O)[C@@H]1C)C4=O. The van der Waals surface area contributed by atoms with Crippen molar-refractivity contribution >= 4 is 35.2 Å². The Morgan fingerprint density at radius 2 is 1.52 bits per heavy atom. The topological polar surface area (TPSA) is 204 Å². The van der Waals surface area contributed by atoms with Gasteiger partial charge < -0.3 is 44.1 Å². The number of amides is 1. The number of hydrogen-bond acceptors (Lipinski definition) is 14. The van der Waals surface area contributed by atoms with Crippen LogP contribution in [-0.4, -0.2) is 101 Å². The Morgan fingerprint density at radius 1 is 0.859 bits per heavy atom. The molecule has 0 spiro atoms. The molecule has 4 aliphatic heterocycles. The Balaban J connectivity index is 1.55. The quantitative estimate of drug-likeness (QED) is 0.237. The molecule has 1 saturated heterocycles. The van der Waals surface area contributed by atoms with Crippen LogP contribution >= 0.6 is 0 Å². The lowest BCUT2D eigenvalue weighted by Gasteiger charge is -2.38. The number of esters is 2. The number of aliphatic hydroxyl groups excluding tert-OH is 2. The summed E-state index contributed by atoms with van der Waals surface area (Å²) in [5, 5.41) is 25.7. The van der Waals surface area contributed by atoms with Crippen LogP contribution in [0, 0.1) is 37.5 Å². The molecule has 1 aliphatic carbocycles. The average Bonchev–Trinajstić information content (AvgIpc) is 3.89. The summed E-state index contributed by atoms with van der Waals surface area (Å²) in [6, 6.07) is 6.53. The van der Waals surface area contributed by atoms with E-state index in [0.29, 0.717) is 25.9 Å². The van der Waals surface area contributed by atoms with Gasteiger partial charge in [-0.3, -0.25) is 24.0 Å². The van der Waals surface area contributed by atoms with Gasteiger partial charge in [0.15, 0.2) is 0 Å². The number of benzene rings is 2. The summed E-state index contributed by atoms with van der Waals surface area (Å²) < 4.78 is 29.9. The molecule has 4 heterocycles. The number of likely N-dealkylation sites (tertiary alicyclic amines) is 1. The fourth-order valence-electron chi connectivity index (χ4n) is 8.87. The highest BCUT2D eigenvalue weighted by Gasteiger charge is 2.53. The summed E-state index contributed by atoms with van der Waals surface area (Å²) >= 11 is 0. The van der Waals surface area contributed by atoms with E-state index in [2.05, 4.69) is 5.32 Å². The van der Waals surface area contributed by atoms with Gasteiger partial charge >= 0.3 is 17.7 Å². The molecule has 64 heavy (non-hydrogen) atoms. The van der Waals surface area contributed by atoms with E-state index in [4.69, 9.17) is 23.7 Å². The van der Waals surface area contributed by atoms with Crippen molar-refractivity contribution in [3.63, 3.8) is 0 Å². The minimum absolute atomic E-state index is 0.0488. The Kier molecular flexibility index (Phi) is 14.2. The maximum atomic E-state index is 15.1. The number of rotatable bonds is 5. The van der Waals surface area contributed by atoms with E-state index in [1.54, 1.807) is 69.0 Å². The number of aliphatic hydroxyl groups is 2. The summed E-state index contributed by atoms with van der Waals surface area (Å²) in [5.41, 5.74) is -0.259. The first-order chi connectivity index (χ1) is 30.2. The third kappa shape index (κ3) is 9.06. The molecule has 15 heteroatoms. The maximum absolute atomic E-state index is 15.1. The molecule has 342 valence electrons. The molecule has 9 atom stereocenters. The third-order valence-electron chi connectivity index (χ3n) is 12.8. The number of carbonyl (C=O) groups excluding carboxylic acids is 6. The minimum Gasteiger partial charge on any atom is -0.462 e.